The summed E-state index contributed by atoms with van der Waals surface area (Å²) in [5, 5.41) is 13.8. The molecule has 3 aromatic heterocycles. The van der Waals surface area contributed by atoms with E-state index < -0.39 is 0 Å². The summed E-state index contributed by atoms with van der Waals surface area (Å²) in [4.78, 5) is 11.7. The van der Waals surface area contributed by atoms with Gasteiger partial charge in [0.15, 0.2) is 11.5 Å². The first-order chi connectivity index (χ1) is 12.8. The van der Waals surface area contributed by atoms with E-state index in [1.807, 2.05) is 19.1 Å². The average Bonchev–Trinajstić information content (AvgIpc) is 3.04. The Morgan fingerprint density at radius 1 is 1.11 bits per heavy atom. The molecule has 138 valence electrons. The molecular weight excluding hydrogens is 344 g/mol. The Kier molecular flexibility index (Phi) is 3.95. The van der Waals surface area contributed by atoms with Crippen molar-refractivity contribution in [1.82, 2.24) is 19.8 Å². The third kappa shape index (κ3) is 3.16. The molecule has 0 saturated carbocycles. The van der Waals surface area contributed by atoms with Gasteiger partial charge in [-0.15, -0.1) is 15.3 Å². The zero-order valence-corrected chi connectivity index (χ0v) is 15.7. The summed E-state index contributed by atoms with van der Waals surface area (Å²) in [6, 6.07) is 10.5. The molecule has 0 unspecified atom stereocenters. The molecular formula is C20H20N4O3. The van der Waals surface area contributed by atoms with Crippen LogP contribution in [0, 0.1) is 0 Å². The molecule has 4 aromatic rings. The van der Waals surface area contributed by atoms with E-state index in [4.69, 9.17) is 9.15 Å². The molecule has 0 fully saturated rings. The summed E-state index contributed by atoms with van der Waals surface area (Å²) >= 11 is 0. The van der Waals surface area contributed by atoms with Crippen LogP contribution in [-0.2, 0) is 11.8 Å². The molecule has 0 radical (unpaired) electrons. The maximum Gasteiger partial charge on any atom is 0.336 e. The number of rotatable bonds is 3. The van der Waals surface area contributed by atoms with E-state index in [1.165, 1.54) is 6.07 Å². The number of fused-ring (bicyclic) bond motifs is 2. The van der Waals surface area contributed by atoms with Gasteiger partial charge in [0.1, 0.15) is 11.3 Å². The monoisotopic (exact) mass is 364 g/mol. The topological polar surface area (TPSA) is 82.5 Å². The van der Waals surface area contributed by atoms with Gasteiger partial charge in [-0.1, -0.05) is 27.7 Å². The van der Waals surface area contributed by atoms with Crippen molar-refractivity contribution in [1.29, 1.82) is 0 Å². The van der Waals surface area contributed by atoms with Gasteiger partial charge in [-0.2, -0.15) is 4.52 Å². The summed E-state index contributed by atoms with van der Waals surface area (Å²) < 4.78 is 12.9. The second kappa shape index (κ2) is 6.19. The maximum atomic E-state index is 11.7. The number of benzene rings is 1. The zero-order chi connectivity index (χ0) is 19.2. The molecule has 7 nitrogen and oxygen atoms in total. The van der Waals surface area contributed by atoms with Crippen LogP contribution in [0.25, 0.3) is 16.6 Å². The third-order valence-corrected chi connectivity index (χ3v) is 4.31. The highest BCUT2D eigenvalue weighted by Crippen LogP contribution is 2.27. The predicted octanol–water partition coefficient (Wildman–Crippen LogP) is 3.88. The average molecular weight is 364 g/mol. The van der Waals surface area contributed by atoms with Crippen molar-refractivity contribution >= 4 is 16.6 Å². The summed E-state index contributed by atoms with van der Waals surface area (Å²) in [5.74, 6) is 1.69. The van der Waals surface area contributed by atoms with Gasteiger partial charge in [-0.3, -0.25) is 0 Å². The summed E-state index contributed by atoms with van der Waals surface area (Å²) in [7, 11) is 0. The lowest BCUT2D eigenvalue weighted by Crippen LogP contribution is -2.17. The SMILES string of the molecule is CCc1cc(=O)oc2cc(Oc3ccc4nnc(C(C)(C)C)n4n3)ccc12. The Balaban J connectivity index is 1.74. The number of nitrogens with zero attached hydrogens (tertiary/aromatic N) is 4. The fourth-order valence-corrected chi connectivity index (χ4v) is 2.98. The minimum absolute atomic E-state index is 0.200. The first-order valence-electron chi connectivity index (χ1n) is 8.83. The summed E-state index contributed by atoms with van der Waals surface area (Å²) in [6.07, 6.45) is 0.754. The lowest BCUT2D eigenvalue weighted by atomic mass is 9.96. The molecule has 3 heterocycles. The molecule has 1 aromatic carbocycles. The van der Waals surface area contributed by atoms with Gasteiger partial charge in [0.2, 0.25) is 5.88 Å². The van der Waals surface area contributed by atoms with E-state index >= 15 is 0 Å². The standard InChI is InChI=1S/C20H20N4O3/c1-5-12-10-18(25)27-15-11-13(6-7-14(12)15)26-17-9-8-16-21-22-19(20(2,3)4)24(16)23-17/h6-11H,5H2,1-4H3. The van der Waals surface area contributed by atoms with Crippen LogP contribution in [-0.4, -0.2) is 19.8 Å². The largest absolute Gasteiger partial charge is 0.437 e. The van der Waals surface area contributed by atoms with Crippen LogP contribution in [0.2, 0.25) is 0 Å². The van der Waals surface area contributed by atoms with Crippen LogP contribution in [0.3, 0.4) is 0 Å². The predicted molar refractivity (Wildman–Crippen MR) is 101 cm³/mol. The van der Waals surface area contributed by atoms with Gasteiger partial charge >= 0.3 is 5.63 Å². The van der Waals surface area contributed by atoms with E-state index in [0.29, 0.717) is 22.9 Å². The van der Waals surface area contributed by atoms with Crippen molar-refractivity contribution in [3.8, 4) is 11.6 Å². The Hall–Kier alpha value is -3.22. The highest BCUT2D eigenvalue weighted by Gasteiger charge is 2.22. The Morgan fingerprint density at radius 3 is 2.67 bits per heavy atom. The first-order valence-corrected chi connectivity index (χ1v) is 8.83. The Bertz CT molecular complexity index is 1200. The fourth-order valence-electron chi connectivity index (χ4n) is 2.98. The normalized spacial score (nSPS) is 12.0. The smallest absolute Gasteiger partial charge is 0.336 e. The highest BCUT2D eigenvalue weighted by atomic mass is 16.5. The molecule has 7 heteroatoms. The molecule has 0 amide bonds. The molecule has 0 saturated heterocycles. The van der Waals surface area contributed by atoms with E-state index in [9.17, 15) is 4.79 Å². The van der Waals surface area contributed by atoms with Crippen LogP contribution in [0.15, 0.2) is 45.6 Å². The maximum absolute atomic E-state index is 11.7. The summed E-state index contributed by atoms with van der Waals surface area (Å²) in [5.41, 5.74) is 1.54. The van der Waals surface area contributed by atoms with Crippen LogP contribution < -0.4 is 10.4 Å². The lowest BCUT2D eigenvalue weighted by Gasteiger charge is -2.15. The van der Waals surface area contributed by atoms with Gasteiger partial charge in [0, 0.05) is 29.0 Å². The van der Waals surface area contributed by atoms with Crippen molar-refractivity contribution in [2.75, 3.05) is 0 Å². The third-order valence-electron chi connectivity index (χ3n) is 4.31. The van der Waals surface area contributed by atoms with Gasteiger partial charge in [-0.05, 0) is 30.2 Å². The molecule has 0 aliphatic rings. The van der Waals surface area contributed by atoms with Gasteiger partial charge in [0.05, 0.1) is 0 Å². The van der Waals surface area contributed by atoms with Crippen LogP contribution in [0.4, 0.5) is 0 Å². The van der Waals surface area contributed by atoms with Crippen molar-refractivity contribution < 1.29 is 9.15 Å². The summed E-state index contributed by atoms with van der Waals surface area (Å²) in [6.45, 7) is 8.16. The quantitative estimate of drug-likeness (QED) is 0.513. The Labute approximate surface area is 155 Å². The van der Waals surface area contributed by atoms with Gasteiger partial charge in [-0.25, -0.2) is 4.79 Å². The van der Waals surface area contributed by atoms with Crippen LogP contribution in [0.5, 0.6) is 11.6 Å². The minimum Gasteiger partial charge on any atom is -0.437 e. The van der Waals surface area contributed by atoms with Crippen LogP contribution in [0.1, 0.15) is 39.1 Å². The highest BCUT2D eigenvalue weighted by molar-refractivity contribution is 5.81. The van der Waals surface area contributed by atoms with Gasteiger partial charge < -0.3 is 9.15 Å². The molecule has 0 atom stereocenters. The molecule has 0 aliphatic heterocycles. The van der Waals surface area contributed by atoms with Crippen molar-refractivity contribution in [2.24, 2.45) is 0 Å². The zero-order valence-electron chi connectivity index (χ0n) is 15.7. The van der Waals surface area contributed by atoms with Crippen molar-refractivity contribution in [2.45, 2.75) is 39.5 Å². The van der Waals surface area contributed by atoms with E-state index in [-0.39, 0.29) is 11.0 Å². The van der Waals surface area contributed by atoms with Crippen LogP contribution >= 0.6 is 0 Å². The van der Waals surface area contributed by atoms with E-state index in [0.717, 1.165) is 23.2 Å². The number of hydrogen-bond acceptors (Lipinski definition) is 6. The second-order valence-corrected chi connectivity index (χ2v) is 7.42. The molecule has 27 heavy (non-hydrogen) atoms. The number of ether oxygens (including phenoxy) is 1. The fraction of sp³-hybridized carbons (Fsp3) is 0.300. The second-order valence-electron chi connectivity index (χ2n) is 7.42. The molecule has 0 bridgehead atoms. The Morgan fingerprint density at radius 2 is 1.93 bits per heavy atom. The number of aromatic nitrogens is 4. The molecule has 0 spiro atoms. The minimum atomic E-state index is -0.365. The number of aryl methyl sites for hydroxylation is 1. The first kappa shape index (κ1) is 17.2. The molecule has 4 rings (SSSR count). The van der Waals surface area contributed by atoms with Gasteiger partial charge in [0.25, 0.3) is 0 Å². The number of hydrogen-bond donors (Lipinski definition) is 0. The lowest BCUT2D eigenvalue weighted by molar-refractivity contribution is 0.443. The molecule has 0 N–H and O–H groups in total. The van der Waals surface area contributed by atoms with Crippen molar-refractivity contribution in [3.63, 3.8) is 0 Å². The van der Waals surface area contributed by atoms with E-state index in [1.54, 1.807) is 22.7 Å². The van der Waals surface area contributed by atoms with Crippen molar-refractivity contribution in [3.05, 3.63) is 58.2 Å². The van der Waals surface area contributed by atoms with E-state index in [2.05, 4.69) is 36.1 Å². The molecule has 0 aliphatic carbocycles.